The Labute approximate surface area is 50.3 Å². The fraction of sp³-hybridized carbons (Fsp3) is 1.00. The Morgan fingerprint density at radius 1 is 1.38 bits per heavy atom. The molecule has 4 unspecified atom stereocenters. The van der Waals surface area contributed by atoms with Gasteiger partial charge < -0.3 is 0 Å². The molecule has 0 amide bonds. The van der Waals surface area contributed by atoms with Crippen LogP contribution in [0.15, 0.2) is 0 Å². The van der Waals surface area contributed by atoms with Gasteiger partial charge in [0.2, 0.25) is 0 Å². The Morgan fingerprint density at radius 2 is 2.00 bits per heavy atom. The van der Waals surface area contributed by atoms with E-state index in [1.807, 2.05) is 0 Å². The topological polar surface area (TPSA) is 0 Å². The molecule has 4 fully saturated rings. The molecule has 8 heavy (non-hydrogen) atoms. The highest BCUT2D eigenvalue weighted by atomic mass is 14.9. The molecule has 4 aliphatic rings. The number of fused-ring (bicyclic) bond motifs is 1. The van der Waals surface area contributed by atoms with E-state index < -0.39 is 0 Å². The summed E-state index contributed by atoms with van der Waals surface area (Å²) in [7, 11) is 0. The van der Waals surface area contributed by atoms with E-state index in [4.69, 9.17) is 0 Å². The Balaban J connectivity index is 2.06. The Bertz CT molecular complexity index is 153. The lowest BCUT2D eigenvalue weighted by molar-refractivity contribution is 0.484. The van der Waals surface area contributed by atoms with E-state index in [1.165, 1.54) is 17.8 Å². The Morgan fingerprint density at radius 3 is 2.12 bits per heavy atom. The molecule has 0 aromatic carbocycles. The molecule has 0 aliphatic heterocycles. The summed E-state index contributed by atoms with van der Waals surface area (Å²) in [5, 5.41) is 0. The maximum atomic E-state index is 2.48. The van der Waals surface area contributed by atoms with E-state index in [9.17, 15) is 0 Å². The third-order valence-electron chi connectivity index (χ3n) is 4.08. The summed E-state index contributed by atoms with van der Waals surface area (Å²) < 4.78 is 0. The van der Waals surface area contributed by atoms with E-state index in [-0.39, 0.29) is 0 Å². The predicted molar refractivity (Wildman–Crippen MR) is 32.4 cm³/mol. The van der Waals surface area contributed by atoms with Crippen molar-refractivity contribution in [3.05, 3.63) is 0 Å². The van der Waals surface area contributed by atoms with Crippen LogP contribution in [-0.4, -0.2) is 0 Å². The van der Waals surface area contributed by atoms with E-state index in [0.717, 1.165) is 11.3 Å². The van der Waals surface area contributed by atoms with Crippen molar-refractivity contribution in [1.29, 1.82) is 0 Å². The molecule has 0 aromatic heterocycles. The minimum absolute atomic E-state index is 0.916. The lowest BCUT2D eigenvalue weighted by Crippen LogP contribution is -1.94. The summed E-state index contributed by atoms with van der Waals surface area (Å²) in [6, 6.07) is 0. The largest absolute Gasteiger partial charge is 0.0622 e. The molecule has 5 atom stereocenters. The molecule has 0 nitrogen and oxygen atoms in total. The zero-order chi connectivity index (χ0) is 5.52. The molecule has 4 aliphatic carbocycles. The van der Waals surface area contributed by atoms with Crippen molar-refractivity contribution in [2.75, 3.05) is 0 Å². The molecule has 0 heterocycles. The van der Waals surface area contributed by atoms with Gasteiger partial charge in [0.25, 0.3) is 0 Å². The summed E-state index contributed by atoms with van der Waals surface area (Å²) in [6.07, 6.45) is 1.56. The van der Waals surface area contributed by atoms with Crippen molar-refractivity contribution in [1.82, 2.24) is 0 Å². The van der Waals surface area contributed by atoms with Crippen molar-refractivity contribution in [3.63, 3.8) is 0 Å². The van der Waals surface area contributed by atoms with Gasteiger partial charge in [0.1, 0.15) is 0 Å². The van der Waals surface area contributed by atoms with Gasteiger partial charge >= 0.3 is 0 Å². The molecule has 4 rings (SSSR count). The zero-order valence-corrected chi connectivity index (χ0v) is 5.52. The van der Waals surface area contributed by atoms with E-state index in [2.05, 4.69) is 13.8 Å². The fourth-order valence-corrected chi connectivity index (χ4v) is 3.56. The Hall–Kier alpha value is 0. The summed E-state index contributed by atoms with van der Waals surface area (Å²) >= 11 is 0. The average molecular weight is 108 g/mol. The van der Waals surface area contributed by atoms with Gasteiger partial charge in [-0.2, -0.15) is 0 Å². The van der Waals surface area contributed by atoms with Gasteiger partial charge in [-0.3, -0.25) is 0 Å². The quantitative estimate of drug-likeness (QED) is 0.444. The number of hydrogen-bond donors (Lipinski definition) is 0. The van der Waals surface area contributed by atoms with Crippen LogP contribution in [0.5, 0.6) is 0 Å². The maximum Gasteiger partial charge on any atom is -0.0227 e. The highest BCUT2D eigenvalue weighted by Crippen LogP contribution is 2.92. The fourth-order valence-electron chi connectivity index (χ4n) is 3.56. The highest BCUT2D eigenvalue weighted by molar-refractivity contribution is 5.35. The van der Waals surface area contributed by atoms with Crippen LogP contribution in [0.1, 0.15) is 20.3 Å². The van der Waals surface area contributed by atoms with Gasteiger partial charge in [-0.15, -0.1) is 0 Å². The lowest BCUT2D eigenvalue weighted by atomic mass is 10.1. The molecule has 0 radical (unpaired) electrons. The van der Waals surface area contributed by atoms with Crippen LogP contribution in [0.4, 0.5) is 0 Å². The highest BCUT2D eigenvalue weighted by Gasteiger charge is 2.88. The van der Waals surface area contributed by atoms with Crippen LogP contribution in [0.25, 0.3) is 0 Å². The minimum Gasteiger partial charge on any atom is -0.0622 e. The molecule has 2 bridgehead atoms. The predicted octanol–water partition coefficient (Wildman–Crippen LogP) is 1.91. The molecule has 0 spiro atoms. The first-order valence-corrected chi connectivity index (χ1v) is 3.76. The maximum absolute atomic E-state index is 2.48. The van der Waals surface area contributed by atoms with Crippen molar-refractivity contribution in [2.24, 2.45) is 29.1 Å². The van der Waals surface area contributed by atoms with E-state index >= 15 is 0 Å². The van der Waals surface area contributed by atoms with Gasteiger partial charge in [0, 0.05) is 0 Å². The molecule has 4 saturated carbocycles. The molecule has 0 heteroatoms. The standard InChI is InChI=1S/C8H12/c1-4-3-5-7-6(4)8(5,7)2/h4-7H,3H2,1-2H3/t4?,5-,6?,7?,8?/m0/s1. The monoisotopic (exact) mass is 108 g/mol. The van der Waals surface area contributed by atoms with Gasteiger partial charge in [-0.05, 0) is 35.5 Å². The average Bonchev–Trinajstić information content (AvgIpc) is 2.26. The van der Waals surface area contributed by atoms with Crippen LogP contribution in [0.2, 0.25) is 0 Å². The van der Waals surface area contributed by atoms with E-state index in [1.54, 1.807) is 6.42 Å². The summed E-state index contributed by atoms with van der Waals surface area (Å²) in [4.78, 5) is 0. The first-order valence-electron chi connectivity index (χ1n) is 3.76. The van der Waals surface area contributed by atoms with Gasteiger partial charge in [-0.1, -0.05) is 13.8 Å². The van der Waals surface area contributed by atoms with Crippen molar-refractivity contribution >= 4 is 0 Å². The lowest BCUT2D eigenvalue weighted by Gasteiger charge is -1.99. The number of hydrogen-bond acceptors (Lipinski definition) is 0. The number of rotatable bonds is 0. The first-order chi connectivity index (χ1) is 3.76. The van der Waals surface area contributed by atoms with Crippen LogP contribution in [0, 0.1) is 29.1 Å². The van der Waals surface area contributed by atoms with Crippen molar-refractivity contribution in [2.45, 2.75) is 20.3 Å². The van der Waals surface area contributed by atoms with Crippen molar-refractivity contribution in [3.8, 4) is 0 Å². The summed E-state index contributed by atoms with van der Waals surface area (Å²) in [5.74, 6) is 4.70. The second kappa shape index (κ2) is 0.698. The molecule has 44 valence electrons. The molecular weight excluding hydrogens is 96.1 g/mol. The molecular formula is C8H12. The van der Waals surface area contributed by atoms with Crippen LogP contribution in [0.3, 0.4) is 0 Å². The minimum atomic E-state index is 0.916. The molecule has 0 N–H and O–H groups in total. The SMILES string of the molecule is CC1C[C@H]2C3C1C32C. The molecule has 0 aromatic rings. The second-order valence-corrected chi connectivity index (χ2v) is 4.24. The van der Waals surface area contributed by atoms with Gasteiger partial charge in [-0.25, -0.2) is 0 Å². The molecule has 0 saturated heterocycles. The zero-order valence-electron chi connectivity index (χ0n) is 5.52. The van der Waals surface area contributed by atoms with Crippen molar-refractivity contribution < 1.29 is 0 Å². The Kier molecular flexibility index (Phi) is 0.342. The summed E-state index contributed by atoms with van der Waals surface area (Å²) in [5.41, 5.74) is 0.916. The van der Waals surface area contributed by atoms with Gasteiger partial charge in [0.05, 0.1) is 0 Å². The van der Waals surface area contributed by atoms with Gasteiger partial charge in [0.15, 0.2) is 0 Å². The van der Waals surface area contributed by atoms with Crippen LogP contribution < -0.4 is 0 Å². The third kappa shape index (κ3) is 0.167. The van der Waals surface area contributed by atoms with E-state index in [0.29, 0.717) is 0 Å². The van der Waals surface area contributed by atoms with Crippen LogP contribution in [-0.2, 0) is 0 Å². The summed E-state index contributed by atoms with van der Waals surface area (Å²) in [6.45, 7) is 4.91. The third-order valence-corrected chi connectivity index (χ3v) is 4.08. The smallest absolute Gasteiger partial charge is 0.0227 e. The normalized spacial score (nSPS) is 81.8. The first kappa shape index (κ1) is 3.92. The van der Waals surface area contributed by atoms with Crippen LogP contribution >= 0.6 is 0 Å². The second-order valence-electron chi connectivity index (χ2n) is 4.24.